The fourth-order valence-corrected chi connectivity index (χ4v) is 3.05. The molecule has 3 rings (SSSR count). The van der Waals surface area contributed by atoms with Crippen molar-refractivity contribution in [1.29, 1.82) is 0 Å². The van der Waals surface area contributed by atoms with Crippen molar-refractivity contribution in [3.05, 3.63) is 52.4 Å². The molecule has 0 unspecified atom stereocenters. The monoisotopic (exact) mass is 387 g/mol. The number of amides is 1. The predicted molar refractivity (Wildman–Crippen MR) is 98.5 cm³/mol. The van der Waals surface area contributed by atoms with Crippen LogP contribution in [0.25, 0.3) is 5.52 Å². The third-order valence-corrected chi connectivity index (χ3v) is 4.19. The number of likely N-dealkylation sites (N-methyl/N-ethyl adjacent to an activating group) is 1. The number of nitrogens with zero attached hydrogens (tertiary/aromatic N) is 4. The van der Waals surface area contributed by atoms with E-state index in [1.54, 1.807) is 16.9 Å². The number of carbonyl (C=O) groups is 1. The second kappa shape index (κ2) is 6.60. The number of rotatable bonds is 4. The summed E-state index contributed by atoms with van der Waals surface area (Å²) < 4.78 is 2.76. The zero-order chi connectivity index (χ0) is 17.3. The van der Waals surface area contributed by atoms with Gasteiger partial charge in [0.25, 0.3) is 0 Å². The van der Waals surface area contributed by atoms with Gasteiger partial charge in [-0.2, -0.15) is 5.10 Å². The number of aromatic nitrogens is 3. The maximum absolute atomic E-state index is 12.4. The molecule has 124 valence electrons. The van der Waals surface area contributed by atoms with Crippen molar-refractivity contribution in [1.82, 2.24) is 14.6 Å². The number of hydrogen-bond acceptors (Lipinski definition) is 4. The highest BCUT2D eigenvalue weighted by Gasteiger charge is 2.14. The van der Waals surface area contributed by atoms with Crippen molar-refractivity contribution in [2.75, 3.05) is 23.8 Å². The number of fused-ring (bicyclic) bond motifs is 1. The number of anilines is 2. The Morgan fingerprint density at radius 3 is 2.88 bits per heavy atom. The number of halogens is 1. The van der Waals surface area contributed by atoms with Crippen LogP contribution in [0.1, 0.15) is 11.3 Å². The quantitative estimate of drug-likeness (QED) is 0.746. The molecule has 1 aromatic carbocycles. The van der Waals surface area contributed by atoms with Crippen molar-refractivity contribution in [2.45, 2.75) is 13.8 Å². The lowest BCUT2D eigenvalue weighted by Gasteiger charge is -2.18. The molecule has 0 spiro atoms. The molecule has 0 saturated heterocycles. The SMILES string of the molecule is Cc1cc2c(N(C)CC(=O)Nc3ccc(Br)cc3C)nccn2n1. The predicted octanol–water partition coefficient (Wildman–Crippen LogP) is 3.18. The van der Waals surface area contributed by atoms with Crippen LogP contribution in [-0.4, -0.2) is 34.1 Å². The molecule has 1 N–H and O–H groups in total. The average Bonchev–Trinajstić information content (AvgIpc) is 2.89. The lowest BCUT2D eigenvalue weighted by molar-refractivity contribution is -0.114. The molecule has 0 atom stereocenters. The minimum absolute atomic E-state index is 0.0945. The molecule has 0 aliphatic heterocycles. The maximum Gasteiger partial charge on any atom is 0.243 e. The summed E-state index contributed by atoms with van der Waals surface area (Å²) in [4.78, 5) is 18.6. The fraction of sp³-hybridized carbons (Fsp3) is 0.235. The number of benzene rings is 1. The van der Waals surface area contributed by atoms with Crippen LogP contribution in [0.2, 0.25) is 0 Å². The van der Waals surface area contributed by atoms with Gasteiger partial charge >= 0.3 is 0 Å². The van der Waals surface area contributed by atoms with E-state index in [1.807, 2.05) is 50.1 Å². The molecule has 0 bridgehead atoms. The zero-order valence-corrected chi connectivity index (χ0v) is 15.3. The van der Waals surface area contributed by atoms with Crippen LogP contribution < -0.4 is 10.2 Å². The van der Waals surface area contributed by atoms with E-state index in [2.05, 4.69) is 31.3 Å². The first-order valence-corrected chi connectivity index (χ1v) is 8.31. The minimum atomic E-state index is -0.0945. The molecule has 1 amide bonds. The Morgan fingerprint density at radius 1 is 1.33 bits per heavy atom. The summed E-state index contributed by atoms with van der Waals surface area (Å²) >= 11 is 3.42. The van der Waals surface area contributed by atoms with E-state index in [0.29, 0.717) is 0 Å². The third-order valence-electron chi connectivity index (χ3n) is 3.70. The normalized spacial score (nSPS) is 10.8. The Bertz CT molecular complexity index is 905. The molecular formula is C17H18BrN5O. The summed E-state index contributed by atoms with van der Waals surface area (Å²) in [5.74, 6) is 0.628. The van der Waals surface area contributed by atoms with Crippen LogP contribution in [0.3, 0.4) is 0 Å². The van der Waals surface area contributed by atoms with Gasteiger partial charge in [-0.25, -0.2) is 9.50 Å². The summed E-state index contributed by atoms with van der Waals surface area (Å²) in [5, 5.41) is 7.31. The van der Waals surface area contributed by atoms with Gasteiger partial charge in [-0.1, -0.05) is 15.9 Å². The summed E-state index contributed by atoms with van der Waals surface area (Å²) in [6.45, 7) is 4.09. The van der Waals surface area contributed by atoms with Crippen LogP contribution in [0.5, 0.6) is 0 Å². The van der Waals surface area contributed by atoms with Crippen molar-refractivity contribution in [2.24, 2.45) is 0 Å². The van der Waals surface area contributed by atoms with E-state index in [4.69, 9.17) is 0 Å². The second-order valence-corrected chi connectivity index (χ2v) is 6.65. The van der Waals surface area contributed by atoms with E-state index in [9.17, 15) is 4.79 Å². The topological polar surface area (TPSA) is 62.5 Å². The summed E-state index contributed by atoms with van der Waals surface area (Å²) in [5.41, 5.74) is 3.60. The second-order valence-electron chi connectivity index (χ2n) is 5.73. The number of nitrogens with one attached hydrogen (secondary N) is 1. The van der Waals surface area contributed by atoms with E-state index in [1.165, 1.54) is 0 Å². The number of aryl methyl sites for hydroxylation is 2. The van der Waals surface area contributed by atoms with Crippen molar-refractivity contribution in [3.63, 3.8) is 0 Å². The lowest BCUT2D eigenvalue weighted by Crippen LogP contribution is -2.31. The van der Waals surface area contributed by atoms with Crippen LogP contribution in [0.4, 0.5) is 11.5 Å². The van der Waals surface area contributed by atoms with Gasteiger partial charge in [0.2, 0.25) is 5.91 Å². The molecule has 24 heavy (non-hydrogen) atoms. The van der Waals surface area contributed by atoms with Gasteiger partial charge < -0.3 is 10.2 Å². The highest BCUT2D eigenvalue weighted by Crippen LogP contribution is 2.21. The van der Waals surface area contributed by atoms with Crippen LogP contribution in [-0.2, 0) is 4.79 Å². The first-order chi connectivity index (χ1) is 11.4. The Hall–Kier alpha value is -2.41. The van der Waals surface area contributed by atoms with Crippen molar-refractivity contribution in [3.8, 4) is 0 Å². The van der Waals surface area contributed by atoms with Gasteiger partial charge in [-0.15, -0.1) is 0 Å². The standard InChI is InChI=1S/C17H18BrN5O/c1-11-8-13(18)4-5-14(11)20-16(24)10-22(3)17-15-9-12(2)21-23(15)7-6-19-17/h4-9H,10H2,1-3H3,(H,20,24). The largest absolute Gasteiger partial charge is 0.349 e. The van der Waals surface area contributed by atoms with Crippen LogP contribution >= 0.6 is 15.9 Å². The summed E-state index contributed by atoms with van der Waals surface area (Å²) in [6.07, 6.45) is 3.48. The minimum Gasteiger partial charge on any atom is -0.349 e. The highest BCUT2D eigenvalue weighted by molar-refractivity contribution is 9.10. The molecule has 0 aliphatic carbocycles. The molecular weight excluding hydrogens is 370 g/mol. The fourth-order valence-electron chi connectivity index (χ4n) is 2.57. The van der Waals surface area contributed by atoms with Crippen LogP contribution in [0, 0.1) is 13.8 Å². The van der Waals surface area contributed by atoms with Gasteiger partial charge in [0, 0.05) is 29.6 Å². The number of carbonyl (C=O) groups excluding carboxylic acids is 1. The molecule has 6 nitrogen and oxygen atoms in total. The van der Waals surface area contributed by atoms with Crippen molar-refractivity contribution >= 4 is 38.9 Å². The molecule has 0 saturated carbocycles. The van der Waals surface area contributed by atoms with E-state index in [-0.39, 0.29) is 12.5 Å². The molecule has 7 heteroatoms. The van der Waals surface area contributed by atoms with Gasteiger partial charge in [0.15, 0.2) is 5.82 Å². The molecule has 2 aromatic heterocycles. The van der Waals surface area contributed by atoms with Gasteiger partial charge in [0.05, 0.1) is 12.2 Å². The van der Waals surface area contributed by atoms with Crippen LogP contribution in [0.15, 0.2) is 41.1 Å². The molecule has 0 fully saturated rings. The Kier molecular flexibility index (Phi) is 4.53. The molecule has 0 aliphatic rings. The van der Waals surface area contributed by atoms with Gasteiger partial charge in [-0.05, 0) is 43.7 Å². The Balaban J connectivity index is 1.76. The maximum atomic E-state index is 12.4. The van der Waals surface area contributed by atoms with Crippen molar-refractivity contribution < 1.29 is 4.79 Å². The lowest BCUT2D eigenvalue weighted by atomic mass is 10.2. The van der Waals surface area contributed by atoms with Gasteiger partial charge in [0.1, 0.15) is 5.52 Å². The van der Waals surface area contributed by atoms with Gasteiger partial charge in [-0.3, -0.25) is 4.79 Å². The van der Waals surface area contributed by atoms with E-state index >= 15 is 0 Å². The molecule has 2 heterocycles. The average molecular weight is 388 g/mol. The smallest absolute Gasteiger partial charge is 0.243 e. The highest BCUT2D eigenvalue weighted by atomic mass is 79.9. The zero-order valence-electron chi connectivity index (χ0n) is 13.7. The Morgan fingerprint density at radius 2 is 2.12 bits per heavy atom. The first-order valence-electron chi connectivity index (χ1n) is 7.52. The Labute approximate surface area is 148 Å². The molecule has 3 aromatic rings. The number of hydrogen-bond donors (Lipinski definition) is 1. The van der Waals surface area contributed by atoms with E-state index < -0.39 is 0 Å². The third kappa shape index (κ3) is 3.41. The first kappa shape index (κ1) is 16.4. The molecule has 0 radical (unpaired) electrons. The van der Waals surface area contributed by atoms with E-state index in [0.717, 1.165) is 32.8 Å². The summed E-state index contributed by atoms with van der Waals surface area (Å²) in [7, 11) is 1.85. The summed E-state index contributed by atoms with van der Waals surface area (Å²) in [6, 6.07) is 7.71.